The van der Waals surface area contributed by atoms with Gasteiger partial charge in [0.05, 0.1) is 11.1 Å². The molecule has 1 spiro atoms. The van der Waals surface area contributed by atoms with Gasteiger partial charge in [0, 0.05) is 43.8 Å². The van der Waals surface area contributed by atoms with E-state index in [1.54, 1.807) is 9.47 Å². The van der Waals surface area contributed by atoms with Crippen molar-refractivity contribution in [2.75, 3.05) is 13.2 Å². The molecule has 1 saturated carbocycles. The summed E-state index contributed by atoms with van der Waals surface area (Å²) in [6.45, 7) is 3.99. The molecule has 1 aliphatic heterocycles. The molecule has 3 aromatic rings. The summed E-state index contributed by atoms with van der Waals surface area (Å²) in [6.07, 6.45) is 1.75. The van der Waals surface area contributed by atoms with Gasteiger partial charge >= 0.3 is 0 Å². The predicted molar refractivity (Wildman–Crippen MR) is 140 cm³/mol. The maximum Gasteiger partial charge on any atom is 0.274 e. The summed E-state index contributed by atoms with van der Waals surface area (Å²) in [5.74, 6) is -2.78. The molecule has 1 N–H and O–H groups in total. The third-order valence-electron chi connectivity index (χ3n) is 7.76. The third-order valence-corrected chi connectivity index (χ3v) is 7.76. The number of aliphatic hydroxyl groups is 1. The van der Waals surface area contributed by atoms with E-state index in [9.17, 15) is 28.3 Å². The number of benzene rings is 2. The van der Waals surface area contributed by atoms with E-state index >= 15 is 0 Å². The van der Waals surface area contributed by atoms with Crippen molar-refractivity contribution in [3.63, 3.8) is 0 Å². The number of aliphatic hydroxyl groups excluding tert-OH is 1. The molecule has 0 radical (unpaired) electrons. The highest BCUT2D eigenvalue weighted by Gasteiger charge is 2.60. The quantitative estimate of drug-likeness (QED) is 0.416. The number of nitrogens with zero attached hydrogens (tertiary/aromatic N) is 2. The number of halogens is 2. The maximum atomic E-state index is 14.2. The fraction of sp³-hybridized carbons (Fsp3) is 0.367. The number of rotatable bonds is 9. The second-order valence-corrected chi connectivity index (χ2v) is 10.6. The third kappa shape index (κ3) is 4.87. The van der Waals surface area contributed by atoms with Crippen molar-refractivity contribution < 1.29 is 28.2 Å². The van der Waals surface area contributed by atoms with Crippen LogP contribution in [0.1, 0.15) is 58.7 Å². The average molecular weight is 537 g/mol. The number of amides is 1. The molecule has 9 heteroatoms. The molecular formula is C30H30F2N2O5. The first-order valence-corrected chi connectivity index (χ1v) is 13.0. The van der Waals surface area contributed by atoms with E-state index in [2.05, 4.69) is 0 Å². The Balaban J connectivity index is 1.58. The van der Waals surface area contributed by atoms with E-state index in [1.807, 2.05) is 44.2 Å². The normalized spacial score (nSPS) is 19.9. The monoisotopic (exact) mass is 536 g/mol. The van der Waals surface area contributed by atoms with Crippen molar-refractivity contribution >= 4 is 11.7 Å². The Hall–Kier alpha value is -3.85. The number of aromatic nitrogens is 1. The van der Waals surface area contributed by atoms with Crippen LogP contribution in [0.15, 0.2) is 59.5 Å². The number of fused-ring (bicyclic) bond motifs is 2. The molecule has 2 atom stereocenters. The molecular weight excluding hydrogens is 506 g/mol. The molecule has 204 valence electrons. The van der Waals surface area contributed by atoms with Gasteiger partial charge in [-0.15, -0.1) is 0 Å². The van der Waals surface area contributed by atoms with Gasteiger partial charge in [0.25, 0.3) is 5.91 Å². The maximum absolute atomic E-state index is 14.2. The first-order chi connectivity index (χ1) is 18.7. The topological polar surface area (TPSA) is 88.8 Å². The molecule has 0 bridgehead atoms. The molecule has 5 rings (SSSR count). The lowest BCUT2D eigenvalue weighted by Gasteiger charge is -2.40. The summed E-state index contributed by atoms with van der Waals surface area (Å²) in [5.41, 5.74) is -0.551. The van der Waals surface area contributed by atoms with Crippen LogP contribution in [0.25, 0.3) is 0 Å². The van der Waals surface area contributed by atoms with E-state index in [4.69, 9.17) is 4.74 Å². The number of pyridine rings is 1. The Kier molecular flexibility index (Phi) is 7.11. The Morgan fingerprint density at radius 2 is 1.90 bits per heavy atom. The van der Waals surface area contributed by atoms with E-state index in [-0.39, 0.29) is 66.5 Å². The van der Waals surface area contributed by atoms with Crippen LogP contribution < -0.4 is 10.2 Å². The lowest BCUT2D eigenvalue weighted by Crippen LogP contribution is -2.52. The van der Waals surface area contributed by atoms with Gasteiger partial charge in [0.15, 0.2) is 17.2 Å². The molecule has 0 unspecified atom stereocenters. The van der Waals surface area contributed by atoms with Crippen molar-refractivity contribution in [1.29, 1.82) is 0 Å². The number of ketones is 1. The second kappa shape index (κ2) is 10.4. The Bertz CT molecular complexity index is 1490. The van der Waals surface area contributed by atoms with Gasteiger partial charge in [-0.1, -0.05) is 36.4 Å². The summed E-state index contributed by atoms with van der Waals surface area (Å²) in [6, 6.07) is 12.1. The van der Waals surface area contributed by atoms with Gasteiger partial charge in [-0.2, -0.15) is 0 Å². The number of hydrogen-bond donors (Lipinski definition) is 1. The van der Waals surface area contributed by atoms with Gasteiger partial charge in [-0.05, 0) is 43.9 Å². The molecule has 39 heavy (non-hydrogen) atoms. The van der Waals surface area contributed by atoms with Gasteiger partial charge in [0.1, 0.15) is 18.2 Å². The fourth-order valence-electron chi connectivity index (χ4n) is 5.40. The van der Waals surface area contributed by atoms with Crippen LogP contribution >= 0.6 is 0 Å². The highest BCUT2D eigenvalue weighted by atomic mass is 19.1. The standard InChI is InChI=1S/C30H30F2N2O5/c1-18(2)33-17-30(13-21(30)15-35)34-14-23(25(36)11-9-20-8-10-22(31)12-24(20)32)27(37)28(26(34)29(33)38)39-16-19-6-4-3-5-7-19/h3-8,10,12,14,18,21,35H,9,11,13,15-17H2,1-2H3/t21-,30+/m1/s1. The highest BCUT2D eigenvalue weighted by molar-refractivity contribution is 6.00. The van der Waals surface area contributed by atoms with Crippen molar-refractivity contribution in [3.8, 4) is 5.75 Å². The average Bonchev–Trinajstić information content (AvgIpc) is 3.63. The van der Waals surface area contributed by atoms with Crippen LogP contribution in [0.4, 0.5) is 8.78 Å². The number of aryl methyl sites for hydroxylation is 1. The highest BCUT2D eigenvalue weighted by Crippen LogP contribution is 2.54. The number of carbonyl (C=O) groups is 2. The zero-order valence-electron chi connectivity index (χ0n) is 21.8. The fourth-order valence-corrected chi connectivity index (χ4v) is 5.40. The van der Waals surface area contributed by atoms with E-state index in [0.29, 0.717) is 13.0 Å². The smallest absolute Gasteiger partial charge is 0.274 e. The first kappa shape index (κ1) is 26.7. The van der Waals surface area contributed by atoms with Crippen molar-refractivity contribution in [3.05, 3.63) is 99.0 Å². The molecule has 2 aromatic carbocycles. The van der Waals surface area contributed by atoms with Gasteiger partial charge in [-0.3, -0.25) is 14.4 Å². The Morgan fingerprint density at radius 1 is 1.15 bits per heavy atom. The van der Waals surface area contributed by atoms with Crippen molar-refractivity contribution in [2.24, 2.45) is 5.92 Å². The van der Waals surface area contributed by atoms with E-state index < -0.39 is 28.4 Å². The lowest BCUT2D eigenvalue weighted by atomic mass is 9.99. The summed E-state index contributed by atoms with van der Waals surface area (Å²) >= 11 is 0. The first-order valence-electron chi connectivity index (χ1n) is 13.0. The molecule has 7 nitrogen and oxygen atoms in total. The van der Waals surface area contributed by atoms with Gasteiger partial charge in [0.2, 0.25) is 5.43 Å². The molecule has 2 heterocycles. The molecule has 1 amide bonds. The molecule has 1 fully saturated rings. The van der Waals surface area contributed by atoms with Crippen molar-refractivity contribution in [2.45, 2.75) is 51.3 Å². The van der Waals surface area contributed by atoms with E-state index in [0.717, 1.165) is 17.7 Å². The summed E-state index contributed by atoms with van der Waals surface area (Å²) in [4.78, 5) is 42.4. The molecule has 1 aromatic heterocycles. The lowest BCUT2D eigenvalue weighted by molar-refractivity contribution is 0.0548. The SMILES string of the molecule is CC(C)N1C[C@]2(C[C@@H]2CO)n2cc(C(=O)CCc3ccc(F)cc3F)c(=O)c(OCc3ccccc3)c2C1=O. The van der Waals surface area contributed by atoms with Crippen LogP contribution in [-0.4, -0.2) is 45.5 Å². The van der Waals surface area contributed by atoms with Gasteiger partial charge in [-0.25, -0.2) is 8.78 Å². The number of Topliss-reactive ketones (excluding diaryl/α,β-unsaturated/α-hetero) is 1. The summed E-state index contributed by atoms with van der Waals surface area (Å²) < 4.78 is 35.1. The minimum Gasteiger partial charge on any atom is -0.483 e. The second-order valence-electron chi connectivity index (χ2n) is 10.6. The minimum absolute atomic E-state index is 0.00685. The van der Waals surface area contributed by atoms with Crippen LogP contribution in [-0.2, 0) is 18.6 Å². The van der Waals surface area contributed by atoms with Crippen LogP contribution in [0.5, 0.6) is 5.75 Å². The summed E-state index contributed by atoms with van der Waals surface area (Å²) in [5, 5.41) is 10.0. The molecule has 0 saturated heterocycles. The Labute approximate surface area is 224 Å². The molecule has 2 aliphatic rings. The largest absolute Gasteiger partial charge is 0.483 e. The number of ether oxygens (including phenoxy) is 1. The van der Waals surface area contributed by atoms with Crippen molar-refractivity contribution in [1.82, 2.24) is 9.47 Å². The molecule has 1 aliphatic carbocycles. The number of hydrogen-bond acceptors (Lipinski definition) is 5. The van der Waals surface area contributed by atoms with E-state index in [1.165, 1.54) is 12.3 Å². The number of carbonyl (C=O) groups excluding carboxylic acids is 2. The summed E-state index contributed by atoms with van der Waals surface area (Å²) in [7, 11) is 0. The van der Waals surface area contributed by atoms with Crippen LogP contribution in [0.3, 0.4) is 0 Å². The Morgan fingerprint density at radius 3 is 2.54 bits per heavy atom. The predicted octanol–water partition coefficient (Wildman–Crippen LogP) is 4.09. The van der Waals surface area contributed by atoms with Crippen LogP contribution in [0.2, 0.25) is 0 Å². The zero-order valence-corrected chi connectivity index (χ0v) is 21.8. The minimum atomic E-state index is -0.765. The zero-order chi connectivity index (χ0) is 27.9. The van der Waals surface area contributed by atoms with Gasteiger partial charge < -0.3 is 19.3 Å². The van der Waals surface area contributed by atoms with Crippen LogP contribution in [0, 0.1) is 17.6 Å².